The average Bonchev–Trinajstić information content (AvgIpc) is 2.84. The van der Waals surface area contributed by atoms with Crippen LogP contribution in [0, 0.1) is 10.1 Å². The van der Waals surface area contributed by atoms with E-state index in [-0.39, 0.29) is 4.91 Å². The summed E-state index contributed by atoms with van der Waals surface area (Å²) in [6, 6.07) is 9.93. The summed E-state index contributed by atoms with van der Waals surface area (Å²) in [5.41, 5.74) is 0.226. The van der Waals surface area contributed by atoms with Crippen LogP contribution < -0.4 is 4.90 Å². The van der Waals surface area contributed by atoms with Crippen LogP contribution in [0.5, 0.6) is 5.75 Å². The first-order chi connectivity index (χ1) is 11.9. The molecule has 0 saturated carbocycles. The first kappa shape index (κ1) is 17.0. The monoisotopic (exact) mass is 376 g/mol. The van der Waals surface area contributed by atoms with Crippen molar-refractivity contribution in [2.75, 3.05) is 4.90 Å². The lowest BCUT2D eigenvalue weighted by atomic mass is 10.1. The SMILES string of the molecule is O=C1S/C(=C\c2ccc(O)c([N+](=O)[O-])c2)C(=O)N1c1ccc(Cl)cc1. The van der Waals surface area contributed by atoms with Crippen molar-refractivity contribution in [3.05, 3.63) is 68.1 Å². The number of amides is 2. The summed E-state index contributed by atoms with van der Waals surface area (Å²) >= 11 is 6.53. The Morgan fingerprint density at radius 2 is 1.84 bits per heavy atom. The number of rotatable bonds is 3. The lowest BCUT2D eigenvalue weighted by molar-refractivity contribution is -0.385. The van der Waals surface area contributed by atoms with E-state index in [1.807, 2.05) is 0 Å². The van der Waals surface area contributed by atoms with Crippen molar-refractivity contribution in [1.29, 1.82) is 0 Å². The quantitative estimate of drug-likeness (QED) is 0.489. The molecule has 0 aliphatic carbocycles. The van der Waals surface area contributed by atoms with Gasteiger partial charge in [0.1, 0.15) is 0 Å². The van der Waals surface area contributed by atoms with Crippen LogP contribution in [-0.2, 0) is 4.79 Å². The van der Waals surface area contributed by atoms with Crippen molar-refractivity contribution in [1.82, 2.24) is 0 Å². The van der Waals surface area contributed by atoms with E-state index in [2.05, 4.69) is 0 Å². The van der Waals surface area contributed by atoms with Gasteiger partial charge >= 0.3 is 5.69 Å². The van der Waals surface area contributed by atoms with E-state index < -0.39 is 27.5 Å². The Kier molecular flexibility index (Phi) is 4.47. The number of phenols is 1. The Balaban J connectivity index is 1.94. The number of anilines is 1. The molecule has 1 aliphatic rings. The van der Waals surface area contributed by atoms with Crippen LogP contribution in [0.1, 0.15) is 5.56 Å². The third-order valence-electron chi connectivity index (χ3n) is 3.37. The summed E-state index contributed by atoms with van der Waals surface area (Å²) in [4.78, 5) is 35.9. The topological polar surface area (TPSA) is 101 Å². The van der Waals surface area contributed by atoms with Gasteiger partial charge in [-0.05, 0) is 53.7 Å². The highest BCUT2D eigenvalue weighted by atomic mass is 35.5. The van der Waals surface area contributed by atoms with E-state index in [1.54, 1.807) is 24.3 Å². The van der Waals surface area contributed by atoms with Crippen LogP contribution in [0.3, 0.4) is 0 Å². The van der Waals surface area contributed by atoms with Gasteiger partial charge in [0.05, 0.1) is 15.5 Å². The predicted octanol–water partition coefficient (Wildman–Crippen LogP) is 4.19. The molecular formula is C16H9ClN2O5S. The van der Waals surface area contributed by atoms with Gasteiger partial charge in [0.25, 0.3) is 11.1 Å². The van der Waals surface area contributed by atoms with Gasteiger partial charge in [-0.3, -0.25) is 19.7 Å². The average molecular weight is 377 g/mol. The number of imide groups is 1. The van der Waals surface area contributed by atoms with Crippen molar-refractivity contribution >= 4 is 52.0 Å². The van der Waals surface area contributed by atoms with Crippen molar-refractivity contribution in [2.45, 2.75) is 0 Å². The summed E-state index contributed by atoms with van der Waals surface area (Å²) in [7, 11) is 0. The molecule has 25 heavy (non-hydrogen) atoms. The Labute approximate surface area is 150 Å². The zero-order chi connectivity index (χ0) is 18.1. The van der Waals surface area contributed by atoms with Crippen molar-refractivity contribution < 1.29 is 19.6 Å². The highest BCUT2D eigenvalue weighted by Gasteiger charge is 2.36. The van der Waals surface area contributed by atoms with Crippen LogP contribution in [0.2, 0.25) is 5.02 Å². The minimum Gasteiger partial charge on any atom is -0.502 e. The molecule has 0 radical (unpaired) electrons. The molecule has 0 spiro atoms. The van der Waals surface area contributed by atoms with E-state index in [1.165, 1.54) is 12.1 Å². The third-order valence-corrected chi connectivity index (χ3v) is 4.49. The second kappa shape index (κ2) is 6.58. The maximum absolute atomic E-state index is 12.5. The highest BCUT2D eigenvalue weighted by Crippen LogP contribution is 2.37. The molecule has 1 aliphatic heterocycles. The molecule has 1 N–H and O–H groups in total. The minimum absolute atomic E-state index is 0.125. The van der Waals surface area contributed by atoms with E-state index >= 15 is 0 Å². The molecule has 3 rings (SSSR count). The number of nitro groups is 1. The van der Waals surface area contributed by atoms with Crippen LogP contribution >= 0.6 is 23.4 Å². The normalized spacial score (nSPS) is 15.9. The van der Waals surface area contributed by atoms with Crippen LogP contribution in [0.25, 0.3) is 6.08 Å². The van der Waals surface area contributed by atoms with Gasteiger partial charge < -0.3 is 5.11 Å². The van der Waals surface area contributed by atoms with Gasteiger partial charge in [0, 0.05) is 11.1 Å². The first-order valence-corrected chi connectivity index (χ1v) is 8.07. The molecule has 0 unspecified atom stereocenters. The number of carbonyl (C=O) groups is 2. The summed E-state index contributed by atoms with van der Waals surface area (Å²) in [5, 5.41) is 20.3. The molecule has 0 atom stereocenters. The number of benzene rings is 2. The Bertz CT molecular complexity index is 927. The molecule has 2 amide bonds. The molecule has 9 heteroatoms. The maximum Gasteiger partial charge on any atom is 0.311 e. The lowest BCUT2D eigenvalue weighted by Crippen LogP contribution is -2.27. The third kappa shape index (κ3) is 3.35. The predicted molar refractivity (Wildman–Crippen MR) is 94.7 cm³/mol. The molecule has 0 bridgehead atoms. The van der Waals surface area contributed by atoms with Gasteiger partial charge in [0.2, 0.25) is 0 Å². The van der Waals surface area contributed by atoms with Gasteiger partial charge in [-0.15, -0.1) is 0 Å². The second-order valence-corrected chi connectivity index (χ2v) is 6.43. The van der Waals surface area contributed by atoms with Crippen LogP contribution in [-0.4, -0.2) is 21.2 Å². The standard InChI is InChI=1S/C16H9ClN2O5S/c17-10-2-4-11(5-3-10)18-15(21)14(25-16(18)22)8-9-1-6-13(20)12(7-9)19(23)24/h1-8,20H/b14-8-. The van der Waals surface area contributed by atoms with Crippen LogP contribution in [0.4, 0.5) is 16.2 Å². The number of thioether (sulfide) groups is 1. The first-order valence-electron chi connectivity index (χ1n) is 6.88. The molecule has 126 valence electrons. The minimum atomic E-state index is -0.730. The molecule has 1 heterocycles. The number of phenolic OH excluding ortho intramolecular Hbond substituents is 1. The lowest BCUT2D eigenvalue weighted by Gasteiger charge is -2.12. The largest absolute Gasteiger partial charge is 0.502 e. The molecular weight excluding hydrogens is 368 g/mol. The Morgan fingerprint density at radius 1 is 1.16 bits per heavy atom. The summed E-state index contributed by atoms with van der Waals surface area (Å²) in [6.45, 7) is 0. The Morgan fingerprint density at radius 3 is 2.48 bits per heavy atom. The van der Waals surface area contributed by atoms with Crippen LogP contribution in [0.15, 0.2) is 47.4 Å². The van der Waals surface area contributed by atoms with Gasteiger partial charge in [-0.25, -0.2) is 4.90 Å². The van der Waals surface area contributed by atoms with E-state index in [4.69, 9.17) is 11.6 Å². The molecule has 2 aromatic carbocycles. The molecule has 7 nitrogen and oxygen atoms in total. The number of hydrogen-bond acceptors (Lipinski definition) is 6. The van der Waals surface area contributed by atoms with Gasteiger partial charge in [0.15, 0.2) is 5.75 Å². The smallest absolute Gasteiger partial charge is 0.311 e. The number of carbonyl (C=O) groups excluding carboxylic acids is 2. The highest BCUT2D eigenvalue weighted by molar-refractivity contribution is 8.19. The van der Waals surface area contributed by atoms with Crippen molar-refractivity contribution in [3.63, 3.8) is 0 Å². The molecule has 2 aromatic rings. The fourth-order valence-corrected chi connectivity index (χ4v) is 3.18. The number of nitro benzene ring substituents is 1. The fourth-order valence-electron chi connectivity index (χ4n) is 2.21. The van der Waals surface area contributed by atoms with Gasteiger partial charge in [-0.1, -0.05) is 17.7 Å². The number of nitrogens with zero attached hydrogens (tertiary/aromatic N) is 2. The fraction of sp³-hybridized carbons (Fsp3) is 0. The Hall–Kier alpha value is -2.84. The number of halogens is 1. The van der Waals surface area contributed by atoms with Gasteiger partial charge in [-0.2, -0.15) is 0 Å². The molecule has 0 aromatic heterocycles. The molecule has 1 fully saturated rings. The maximum atomic E-state index is 12.5. The zero-order valence-electron chi connectivity index (χ0n) is 12.4. The van der Waals surface area contributed by atoms with E-state index in [9.17, 15) is 24.8 Å². The van der Waals surface area contributed by atoms with E-state index in [0.717, 1.165) is 28.8 Å². The molecule has 1 saturated heterocycles. The van der Waals surface area contributed by atoms with Crippen molar-refractivity contribution in [2.24, 2.45) is 0 Å². The summed E-state index contributed by atoms with van der Waals surface area (Å²) < 4.78 is 0. The van der Waals surface area contributed by atoms with Crippen molar-refractivity contribution in [3.8, 4) is 5.75 Å². The summed E-state index contributed by atoms with van der Waals surface area (Å²) in [6.07, 6.45) is 1.37. The number of hydrogen-bond donors (Lipinski definition) is 1. The van der Waals surface area contributed by atoms with E-state index in [0.29, 0.717) is 16.3 Å². The summed E-state index contributed by atoms with van der Waals surface area (Å²) in [5.74, 6) is -1.01. The zero-order valence-corrected chi connectivity index (χ0v) is 14.0. The second-order valence-electron chi connectivity index (χ2n) is 5.00. The number of aromatic hydroxyl groups is 1.